The molecule has 4 nitrogen and oxygen atoms in total. The van der Waals surface area contributed by atoms with E-state index in [2.05, 4.69) is 10.4 Å². The summed E-state index contributed by atoms with van der Waals surface area (Å²) in [6.45, 7) is 0.519. The summed E-state index contributed by atoms with van der Waals surface area (Å²) in [7, 11) is 0. The molecule has 0 aliphatic rings. The van der Waals surface area contributed by atoms with Gasteiger partial charge < -0.3 is 5.32 Å². The minimum Gasteiger partial charge on any atom is -0.321 e. The Kier molecular flexibility index (Phi) is 3.66. The Balaban J connectivity index is 2.08. The van der Waals surface area contributed by atoms with Gasteiger partial charge in [-0.2, -0.15) is 13.9 Å². The van der Waals surface area contributed by atoms with Crippen molar-refractivity contribution in [1.82, 2.24) is 9.78 Å². The van der Waals surface area contributed by atoms with Crippen LogP contribution in [-0.4, -0.2) is 22.1 Å². The van der Waals surface area contributed by atoms with Crippen molar-refractivity contribution in [1.29, 1.82) is 0 Å². The molecule has 0 fully saturated rings. The zero-order chi connectivity index (χ0) is 13.0. The standard InChI is InChI=1S/C12H11F2N3O/c13-11(14)12(18)16-10-4-1-3-9(7-10)8-17-6-2-5-15-17/h1-7,11H,8H2,(H,16,18). The van der Waals surface area contributed by atoms with Gasteiger partial charge in [0.05, 0.1) is 6.54 Å². The molecule has 6 heteroatoms. The number of halogens is 2. The smallest absolute Gasteiger partial charge is 0.315 e. The molecule has 0 bridgehead atoms. The third-order valence-corrected chi connectivity index (χ3v) is 2.30. The molecular weight excluding hydrogens is 240 g/mol. The fraction of sp³-hybridized carbons (Fsp3) is 0.167. The van der Waals surface area contributed by atoms with Crippen molar-refractivity contribution in [2.24, 2.45) is 0 Å². The molecule has 1 aromatic heterocycles. The second-order valence-electron chi connectivity index (χ2n) is 3.69. The lowest BCUT2D eigenvalue weighted by Crippen LogP contribution is -2.20. The number of carbonyl (C=O) groups excluding carboxylic acids is 1. The molecule has 1 amide bonds. The number of nitrogens with zero attached hydrogens (tertiary/aromatic N) is 2. The van der Waals surface area contributed by atoms with Crippen LogP contribution in [0, 0.1) is 0 Å². The molecular formula is C12H11F2N3O. The Labute approximate surface area is 102 Å². The van der Waals surface area contributed by atoms with Gasteiger partial charge in [-0.15, -0.1) is 0 Å². The van der Waals surface area contributed by atoms with E-state index in [1.807, 2.05) is 6.07 Å². The first-order valence-corrected chi connectivity index (χ1v) is 5.30. The van der Waals surface area contributed by atoms with Crippen LogP contribution in [0.5, 0.6) is 0 Å². The molecule has 94 valence electrons. The SMILES string of the molecule is O=C(Nc1cccc(Cn2cccn2)c1)C(F)F. The topological polar surface area (TPSA) is 46.9 Å². The zero-order valence-corrected chi connectivity index (χ0v) is 9.38. The Hall–Kier alpha value is -2.24. The van der Waals surface area contributed by atoms with Crippen molar-refractivity contribution in [3.05, 3.63) is 48.3 Å². The zero-order valence-electron chi connectivity index (χ0n) is 9.38. The molecule has 0 aliphatic carbocycles. The maximum Gasteiger partial charge on any atom is 0.315 e. The van der Waals surface area contributed by atoms with E-state index in [0.29, 0.717) is 12.2 Å². The predicted octanol–water partition coefficient (Wildman–Crippen LogP) is 2.13. The fourth-order valence-electron chi connectivity index (χ4n) is 1.53. The third-order valence-electron chi connectivity index (χ3n) is 2.30. The number of anilines is 1. The molecule has 0 saturated heterocycles. The molecule has 0 aliphatic heterocycles. The van der Waals surface area contributed by atoms with Crippen molar-refractivity contribution in [2.45, 2.75) is 13.0 Å². The maximum atomic E-state index is 12.1. The van der Waals surface area contributed by atoms with Gasteiger partial charge in [0, 0.05) is 18.1 Å². The average molecular weight is 251 g/mol. The van der Waals surface area contributed by atoms with Crippen LogP contribution in [-0.2, 0) is 11.3 Å². The molecule has 1 heterocycles. The summed E-state index contributed by atoms with van der Waals surface area (Å²) in [5.74, 6) is -1.30. The van der Waals surface area contributed by atoms with Crippen LogP contribution in [0.3, 0.4) is 0 Å². The summed E-state index contributed by atoms with van der Waals surface area (Å²) < 4.78 is 25.9. The number of nitrogens with one attached hydrogen (secondary N) is 1. The minimum atomic E-state index is -3.01. The van der Waals surface area contributed by atoms with Gasteiger partial charge in [-0.05, 0) is 23.8 Å². The summed E-state index contributed by atoms with van der Waals surface area (Å²) >= 11 is 0. The van der Waals surface area contributed by atoms with Crippen LogP contribution < -0.4 is 5.32 Å². The number of rotatable bonds is 4. The molecule has 0 spiro atoms. The van der Waals surface area contributed by atoms with E-state index in [-0.39, 0.29) is 0 Å². The summed E-state index contributed by atoms with van der Waals surface area (Å²) in [4.78, 5) is 10.9. The van der Waals surface area contributed by atoms with Gasteiger partial charge in [0.15, 0.2) is 0 Å². The normalized spacial score (nSPS) is 10.6. The number of aromatic nitrogens is 2. The lowest BCUT2D eigenvalue weighted by Gasteiger charge is -2.07. The van der Waals surface area contributed by atoms with Gasteiger partial charge in [-0.25, -0.2) is 0 Å². The highest BCUT2D eigenvalue weighted by atomic mass is 19.3. The van der Waals surface area contributed by atoms with Crippen LogP contribution in [0.15, 0.2) is 42.7 Å². The largest absolute Gasteiger partial charge is 0.321 e. The molecule has 18 heavy (non-hydrogen) atoms. The molecule has 1 aromatic carbocycles. The Morgan fingerprint density at radius 1 is 1.39 bits per heavy atom. The van der Waals surface area contributed by atoms with Gasteiger partial charge in [0.1, 0.15) is 0 Å². The van der Waals surface area contributed by atoms with Crippen molar-refractivity contribution in [2.75, 3.05) is 5.32 Å². The first-order valence-electron chi connectivity index (χ1n) is 5.30. The first kappa shape index (κ1) is 12.2. The average Bonchev–Trinajstić information content (AvgIpc) is 2.82. The van der Waals surface area contributed by atoms with Gasteiger partial charge >= 0.3 is 6.43 Å². The Morgan fingerprint density at radius 2 is 2.22 bits per heavy atom. The lowest BCUT2D eigenvalue weighted by molar-refractivity contribution is -0.126. The third kappa shape index (κ3) is 3.13. The van der Waals surface area contributed by atoms with Crippen molar-refractivity contribution in [3.8, 4) is 0 Å². The highest BCUT2D eigenvalue weighted by Gasteiger charge is 2.14. The summed E-state index contributed by atoms with van der Waals surface area (Å²) in [6.07, 6.45) is 0.437. The number of hydrogen-bond acceptors (Lipinski definition) is 2. The molecule has 0 atom stereocenters. The highest BCUT2D eigenvalue weighted by molar-refractivity contribution is 5.93. The van der Waals surface area contributed by atoms with Gasteiger partial charge in [0.2, 0.25) is 0 Å². The summed E-state index contributed by atoms with van der Waals surface area (Å²) in [6, 6.07) is 8.52. The summed E-state index contributed by atoms with van der Waals surface area (Å²) in [5.41, 5.74) is 1.22. The van der Waals surface area contributed by atoms with E-state index in [1.54, 1.807) is 41.3 Å². The number of alkyl halides is 2. The molecule has 2 rings (SSSR count). The van der Waals surface area contributed by atoms with Gasteiger partial charge in [0.25, 0.3) is 5.91 Å². The van der Waals surface area contributed by atoms with E-state index >= 15 is 0 Å². The Bertz CT molecular complexity index is 526. The maximum absolute atomic E-state index is 12.1. The van der Waals surface area contributed by atoms with E-state index in [1.165, 1.54) is 0 Å². The van der Waals surface area contributed by atoms with Crippen LogP contribution >= 0.6 is 0 Å². The molecule has 2 aromatic rings. The minimum absolute atomic E-state index is 0.352. The molecule has 0 radical (unpaired) electrons. The molecule has 0 saturated carbocycles. The van der Waals surface area contributed by atoms with Crippen molar-refractivity contribution < 1.29 is 13.6 Å². The number of carbonyl (C=O) groups is 1. The lowest BCUT2D eigenvalue weighted by atomic mass is 10.2. The number of amides is 1. The van der Waals surface area contributed by atoms with Gasteiger partial charge in [-0.1, -0.05) is 12.1 Å². The van der Waals surface area contributed by atoms with E-state index in [4.69, 9.17) is 0 Å². The van der Waals surface area contributed by atoms with E-state index < -0.39 is 12.3 Å². The van der Waals surface area contributed by atoms with Crippen molar-refractivity contribution >= 4 is 11.6 Å². The first-order chi connectivity index (χ1) is 8.65. The predicted molar refractivity (Wildman–Crippen MR) is 62.4 cm³/mol. The van der Waals surface area contributed by atoms with Crippen molar-refractivity contribution in [3.63, 3.8) is 0 Å². The summed E-state index contributed by atoms with van der Waals surface area (Å²) in [5, 5.41) is 6.18. The number of benzene rings is 1. The van der Waals surface area contributed by atoms with Gasteiger partial charge in [-0.3, -0.25) is 9.48 Å². The fourth-order valence-corrected chi connectivity index (χ4v) is 1.53. The van der Waals surface area contributed by atoms with E-state index in [0.717, 1.165) is 5.56 Å². The molecule has 1 N–H and O–H groups in total. The van der Waals surface area contributed by atoms with E-state index in [9.17, 15) is 13.6 Å². The quantitative estimate of drug-likeness (QED) is 0.904. The molecule has 0 unspecified atom stereocenters. The van der Waals surface area contributed by atoms with Crippen LogP contribution in [0.1, 0.15) is 5.56 Å². The Morgan fingerprint density at radius 3 is 2.89 bits per heavy atom. The second-order valence-corrected chi connectivity index (χ2v) is 3.69. The van der Waals surface area contributed by atoms with Crippen LogP contribution in [0.25, 0.3) is 0 Å². The van der Waals surface area contributed by atoms with Crippen LogP contribution in [0.4, 0.5) is 14.5 Å². The monoisotopic (exact) mass is 251 g/mol. The van der Waals surface area contributed by atoms with Crippen LogP contribution in [0.2, 0.25) is 0 Å². The highest BCUT2D eigenvalue weighted by Crippen LogP contribution is 2.12. The second kappa shape index (κ2) is 5.39. The number of hydrogen-bond donors (Lipinski definition) is 1.